The van der Waals surface area contributed by atoms with Crippen molar-refractivity contribution in [2.45, 2.75) is 13.5 Å². The lowest BCUT2D eigenvalue weighted by Gasteiger charge is -2.07. The highest BCUT2D eigenvalue weighted by Crippen LogP contribution is 2.16. The summed E-state index contributed by atoms with van der Waals surface area (Å²) in [5.74, 6) is 0. The molecule has 0 aliphatic heterocycles. The van der Waals surface area contributed by atoms with Crippen molar-refractivity contribution < 1.29 is 4.92 Å². The number of nitrogens with zero attached hydrogens (tertiary/aromatic N) is 5. The van der Waals surface area contributed by atoms with E-state index in [9.17, 15) is 14.9 Å². The van der Waals surface area contributed by atoms with E-state index in [1.165, 1.54) is 29.2 Å². The Morgan fingerprint density at radius 3 is 2.67 bits per heavy atom. The highest BCUT2D eigenvalue weighted by molar-refractivity contribution is 5.74. The summed E-state index contributed by atoms with van der Waals surface area (Å²) in [7, 11) is 0. The summed E-state index contributed by atoms with van der Waals surface area (Å²) in [6.07, 6.45) is 2.93. The van der Waals surface area contributed by atoms with Crippen LogP contribution in [-0.2, 0) is 6.54 Å². The number of non-ortho nitro benzene ring substituents is 1. The van der Waals surface area contributed by atoms with Gasteiger partial charge in [-0.2, -0.15) is 5.10 Å². The van der Waals surface area contributed by atoms with E-state index in [-0.39, 0.29) is 17.8 Å². The molecule has 0 spiro atoms. The summed E-state index contributed by atoms with van der Waals surface area (Å²) >= 11 is 0. The summed E-state index contributed by atoms with van der Waals surface area (Å²) in [6, 6.07) is 14.0. The van der Waals surface area contributed by atoms with Crippen LogP contribution < -0.4 is 5.56 Å². The number of nitro groups is 1. The van der Waals surface area contributed by atoms with Gasteiger partial charge in [-0.15, -0.1) is 0 Å². The van der Waals surface area contributed by atoms with E-state index in [4.69, 9.17) is 0 Å². The molecule has 0 fully saturated rings. The van der Waals surface area contributed by atoms with E-state index < -0.39 is 4.92 Å². The minimum absolute atomic E-state index is 0.0122. The molecule has 0 aliphatic carbocycles. The normalized spacial score (nSPS) is 11.0. The zero-order chi connectivity index (χ0) is 19.0. The molecule has 0 N–H and O–H groups in total. The van der Waals surface area contributed by atoms with Crippen LogP contribution in [-0.4, -0.2) is 24.3 Å². The van der Waals surface area contributed by atoms with Crippen LogP contribution in [0.15, 0.2) is 65.8 Å². The monoisotopic (exact) mass is 361 g/mol. The number of benzene rings is 2. The Labute approximate surface area is 153 Å². The Bertz CT molecular complexity index is 1210. The maximum atomic E-state index is 12.8. The molecule has 27 heavy (non-hydrogen) atoms. The highest BCUT2D eigenvalue weighted by atomic mass is 16.6. The quantitative estimate of drug-likeness (QED) is 0.411. The molecule has 0 unspecified atom stereocenters. The highest BCUT2D eigenvalue weighted by Gasteiger charge is 2.12. The van der Waals surface area contributed by atoms with Gasteiger partial charge in [0, 0.05) is 12.1 Å². The molecule has 0 radical (unpaired) electrons. The first-order chi connectivity index (χ1) is 13.0. The second-order valence-electron chi connectivity index (χ2n) is 6.23. The lowest BCUT2D eigenvalue weighted by molar-refractivity contribution is -0.384. The Morgan fingerprint density at radius 1 is 1.15 bits per heavy atom. The summed E-state index contributed by atoms with van der Waals surface area (Å²) in [5.41, 5.74) is 2.81. The molecule has 0 aliphatic rings. The maximum absolute atomic E-state index is 12.8. The van der Waals surface area contributed by atoms with Crippen LogP contribution in [0.2, 0.25) is 0 Å². The first-order valence-electron chi connectivity index (χ1n) is 8.26. The Balaban J connectivity index is 1.73. The standard InChI is InChI=1S/C19H15N5O3/c1-13-5-7-15(8-6-13)23-18-17(10-21-23)19(25)22(12-20-18)11-14-3-2-4-16(9-14)24(26)27/h2-10,12H,11H2,1H3. The average molecular weight is 361 g/mol. The van der Waals surface area contributed by atoms with Crippen molar-refractivity contribution in [2.75, 3.05) is 0 Å². The fourth-order valence-electron chi connectivity index (χ4n) is 2.90. The number of fused-ring (bicyclic) bond motifs is 1. The molecule has 134 valence electrons. The van der Waals surface area contributed by atoms with E-state index in [1.54, 1.807) is 16.8 Å². The second-order valence-corrected chi connectivity index (χ2v) is 6.23. The number of hydrogen-bond donors (Lipinski definition) is 0. The molecule has 0 saturated heterocycles. The minimum atomic E-state index is -0.459. The first kappa shape index (κ1) is 16.6. The van der Waals surface area contributed by atoms with Crippen LogP contribution in [0.3, 0.4) is 0 Å². The van der Waals surface area contributed by atoms with Gasteiger partial charge in [-0.05, 0) is 24.6 Å². The van der Waals surface area contributed by atoms with Crippen molar-refractivity contribution in [3.05, 3.63) is 92.7 Å². The molecule has 0 saturated carbocycles. The van der Waals surface area contributed by atoms with Gasteiger partial charge in [0.15, 0.2) is 5.65 Å². The number of hydrogen-bond acceptors (Lipinski definition) is 5. The molecule has 0 atom stereocenters. The van der Waals surface area contributed by atoms with Crippen LogP contribution >= 0.6 is 0 Å². The van der Waals surface area contributed by atoms with Gasteiger partial charge in [-0.1, -0.05) is 29.8 Å². The summed E-state index contributed by atoms with van der Waals surface area (Å²) in [5, 5.41) is 15.6. The van der Waals surface area contributed by atoms with Crippen molar-refractivity contribution in [3.63, 3.8) is 0 Å². The number of rotatable bonds is 4. The van der Waals surface area contributed by atoms with Crippen LogP contribution in [0, 0.1) is 17.0 Å². The van der Waals surface area contributed by atoms with Crippen LogP contribution in [0.5, 0.6) is 0 Å². The molecule has 4 rings (SSSR count). The second kappa shape index (κ2) is 6.49. The number of aryl methyl sites for hydroxylation is 1. The van der Waals surface area contributed by atoms with Crippen molar-refractivity contribution >= 4 is 16.7 Å². The summed E-state index contributed by atoms with van der Waals surface area (Å²) < 4.78 is 3.04. The Kier molecular flexibility index (Phi) is 4.00. The molecule has 4 aromatic rings. The molecule has 8 heteroatoms. The van der Waals surface area contributed by atoms with Gasteiger partial charge >= 0.3 is 0 Å². The smallest absolute Gasteiger partial charge is 0.269 e. The van der Waals surface area contributed by atoms with E-state index in [0.29, 0.717) is 16.6 Å². The van der Waals surface area contributed by atoms with Gasteiger partial charge < -0.3 is 0 Å². The molecule has 2 aromatic heterocycles. The third-order valence-corrected chi connectivity index (χ3v) is 4.31. The SMILES string of the molecule is Cc1ccc(-n2ncc3c(=O)n(Cc4cccc([N+](=O)[O-])c4)cnc32)cc1. The van der Waals surface area contributed by atoms with Gasteiger partial charge in [0.05, 0.1) is 23.4 Å². The number of nitro benzene ring substituents is 1. The van der Waals surface area contributed by atoms with E-state index >= 15 is 0 Å². The molecule has 0 bridgehead atoms. The molecule has 0 amide bonds. The lowest BCUT2D eigenvalue weighted by atomic mass is 10.2. The van der Waals surface area contributed by atoms with Crippen LogP contribution in [0.1, 0.15) is 11.1 Å². The van der Waals surface area contributed by atoms with Gasteiger partial charge in [0.25, 0.3) is 11.2 Å². The molecule has 8 nitrogen and oxygen atoms in total. The zero-order valence-corrected chi connectivity index (χ0v) is 14.4. The third-order valence-electron chi connectivity index (χ3n) is 4.31. The molecular weight excluding hydrogens is 346 g/mol. The fraction of sp³-hybridized carbons (Fsp3) is 0.105. The number of aromatic nitrogens is 4. The fourth-order valence-corrected chi connectivity index (χ4v) is 2.90. The third kappa shape index (κ3) is 3.08. The summed E-state index contributed by atoms with van der Waals surface area (Å²) in [4.78, 5) is 27.6. The van der Waals surface area contributed by atoms with Gasteiger partial charge in [0.1, 0.15) is 11.7 Å². The van der Waals surface area contributed by atoms with Crippen molar-refractivity contribution in [2.24, 2.45) is 0 Å². The maximum Gasteiger partial charge on any atom is 0.269 e. The molecule has 2 aromatic carbocycles. The predicted molar refractivity (Wildman–Crippen MR) is 100 cm³/mol. The van der Waals surface area contributed by atoms with Crippen molar-refractivity contribution in [1.29, 1.82) is 0 Å². The van der Waals surface area contributed by atoms with Gasteiger partial charge in [0.2, 0.25) is 0 Å². The Hall–Kier alpha value is -3.81. The largest absolute Gasteiger partial charge is 0.294 e. The molecular formula is C19H15N5O3. The van der Waals surface area contributed by atoms with Crippen LogP contribution in [0.4, 0.5) is 5.69 Å². The van der Waals surface area contributed by atoms with E-state index in [0.717, 1.165) is 11.3 Å². The Morgan fingerprint density at radius 2 is 1.93 bits per heavy atom. The lowest BCUT2D eigenvalue weighted by Crippen LogP contribution is -2.21. The predicted octanol–water partition coefficient (Wildman–Crippen LogP) is 2.85. The molecule has 2 heterocycles. The van der Waals surface area contributed by atoms with Crippen molar-refractivity contribution in [1.82, 2.24) is 19.3 Å². The van der Waals surface area contributed by atoms with Crippen LogP contribution in [0.25, 0.3) is 16.7 Å². The first-order valence-corrected chi connectivity index (χ1v) is 8.26. The van der Waals surface area contributed by atoms with Crippen molar-refractivity contribution in [3.8, 4) is 5.69 Å². The minimum Gasteiger partial charge on any atom is -0.294 e. The summed E-state index contributed by atoms with van der Waals surface area (Å²) in [6.45, 7) is 2.19. The zero-order valence-electron chi connectivity index (χ0n) is 14.4. The van der Waals surface area contributed by atoms with E-state index in [1.807, 2.05) is 31.2 Å². The topological polar surface area (TPSA) is 95.8 Å². The average Bonchev–Trinajstić information content (AvgIpc) is 3.10. The van der Waals surface area contributed by atoms with Gasteiger partial charge in [-0.25, -0.2) is 9.67 Å². The van der Waals surface area contributed by atoms with E-state index in [2.05, 4.69) is 10.1 Å². The van der Waals surface area contributed by atoms with Gasteiger partial charge in [-0.3, -0.25) is 19.5 Å².